The normalized spacial score (nSPS) is 22.4. The lowest BCUT2D eigenvalue weighted by Gasteiger charge is -2.36. The summed E-state index contributed by atoms with van der Waals surface area (Å²) in [5.41, 5.74) is 6.73. The van der Waals surface area contributed by atoms with E-state index in [1.54, 1.807) is 0 Å². The summed E-state index contributed by atoms with van der Waals surface area (Å²) in [7, 11) is 0. The van der Waals surface area contributed by atoms with Crippen LogP contribution in [0, 0.1) is 13.8 Å². The minimum atomic E-state index is 0.0497. The van der Waals surface area contributed by atoms with Crippen LogP contribution in [0.4, 0.5) is 0 Å². The first-order valence-electron chi connectivity index (χ1n) is 7.03. The Bertz CT molecular complexity index is 422. The van der Waals surface area contributed by atoms with Gasteiger partial charge in [-0.1, -0.05) is 25.1 Å². The molecule has 3 N–H and O–H groups in total. The maximum absolute atomic E-state index is 5.90. The summed E-state index contributed by atoms with van der Waals surface area (Å²) >= 11 is 0. The topological polar surface area (TPSA) is 50.5 Å². The number of nitrogens with zero attached hydrogens (tertiary/aromatic N) is 1. The Balaban J connectivity index is 2.16. The van der Waals surface area contributed by atoms with Crippen molar-refractivity contribution in [3.05, 3.63) is 34.9 Å². The third kappa shape index (κ3) is 3.34. The molecule has 1 heterocycles. The molecule has 0 aromatic heterocycles. The van der Waals surface area contributed by atoms with E-state index in [1.807, 2.05) is 0 Å². The third-order valence-corrected chi connectivity index (χ3v) is 4.07. The van der Waals surface area contributed by atoms with E-state index in [0.29, 0.717) is 0 Å². The zero-order chi connectivity index (χ0) is 13.8. The number of aryl methyl sites for hydroxylation is 2. The van der Waals surface area contributed by atoms with Crippen molar-refractivity contribution in [3.63, 3.8) is 0 Å². The van der Waals surface area contributed by atoms with E-state index < -0.39 is 0 Å². The molecule has 0 aliphatic carbocycles. The highest BCUT2D eigenvalue weighted by atomic mass is 16.5. The molecule has 0 bridgehead atoms. The van der Waals surface area contributed by atoms with Crippen LogP contribution in [0.1, 0.15) is 29.7 Å². The van der Waals surface area contributed by atoms with Crippen LogP contribution < -0.4 is 11.3 Å². The second-order valence-electron chi connectivity index (χ2n) is 5.29. The van der Waals surface area contributed by atoms with Crippen molar-refractivity contribution in [2.75, 3.05) is 26.2 Å². The summed E-state index contributed by atoms with van der Waals surface area (Å²) in [5.74, 6) is 5.76. The predicted molar refractivity (Wildman–Crippen MR) is 77.8 cm³/mol. The van der Waals surface area contributed by atoms with E-state index in [1.165, 1.54) is 16.7 Å². The summed E-state index contributed by atoms with van der Waals surface area (Å²) in [5, 5.41) is 0. The number of hydrogen-bond acceptors (Lipinski definition) is 4. The van der Waals surface area contributed by atoms with Crippen LogP contribution in [0.15, 0.2) is 18.2 Å². The third-order valence-electron chi connectivity index (χ3n) is 4.07. The molecule has 1 aliphatic rings. The summed E-state index contributed by atoms with van der Waals surface area (Å²) in [4.78, 5) is 2.40. The minimum Gasteiger partial charge on any atom is -0.374 e. The van der Waals surface area contributed by atoms with Crippen molar-refractivity contribution in [3.8, 4) is 0 Å². The Labute approximate surface area is 115 Å². The van der Waals surface area contributed by atoms with Crippen LogP contribution in [-0.2, 0) is 4.74 Å². The van der Waals surface area contributed by atoms with E-state index in [2.05, 4.69) is 49.3 Å². The van der Waals surface area contributed by atoms with E-state index in [0.717, 1.165) is 26.2 Å². The maximum atomic E-state index is 5.90. The molecule has 0 amide bonds. The number of benzene rings is 1. The molecule has 1 aromatic carbocycles. The second kappa shape index (κ2) is 6.48. The molecule has 1 fully saturated rings. The molecule has 19 heavy (non-hydrogen) atoms. The van der Waals surface area contributed by atoms with Crippen LogP contribution in [0.3, 0.4) is 0 Å². The Morgan fingerprint density at radius 3 is 2.84 bits per heavy atom. The van der Waals surface area contributed by atoms with Gasteiger partial charge in [0, 0.05) is 13.1 Å². The van der Waals surface area contributed by atoms with Crippen molar-refractivity contribution in [1.82, 2.24) is 10.3 Å². The largest absolute Gasteiger partial charge is 0.374 e. The molecule has 4 heteroatoms. The van der Waals surface area contributed by atoms with Gasteiger partial charge in [0.2, 0.25) is 0 Å². The van der Waals surface area contributed by atoms with Crippen LogP contribution in [0.25, 0.3) is 0 Å². The number of ether oxygens (including phenoxy) is 1. The molecule has 0 radical (unpaired) electrons. The molecular formula is C15H25N3O. The van der Waals surface area contributed by atoms with Gasteiger partial charge in [0.15, 0.2) is 0 Å². The highest BCUT2D eigenvalue weighted by Crippen LogP contribution is 2.23. The van der Waals surface area contributed by atoms with E-state index in [9.17, 15) is 0 Å². The number of morpholine rings is 1. The van der Waals surface area contributed by atoms with Crippen LogP contribution in [-0.4, -0.2) is 37.2 Å². The monoisotopic (exact) mass is 263 g/mol. The van der Waals surface area contributed by atoms with Crippen molar-refractivity contribution < 1.29 is 4.74 Å². The van der Waals surface area contributed by atoms with Gasteiger partial charge >= 0.3 is 0 Å². The average molecular weight is 263 g/mol. The van der Waals surface area contributed by atoms with Gasteiger partial charge in [0.25, 0.3) is 0 Å². The highest BCUT2D eigenvalue weighted by molar-refractivity contribution is 5.32. The SMILES string of the molecule is CCN1CCOC(C(NN)c2ccc(C)c(C)c2)C1. The second-order valence-corrected chi connectivity index (χ2v) is 5.29. The molecular weight excluding hydrogens is 238 g/mol. The first kappa shape index (κ1) is 14.5. The molecule has 2 rings (SSSR count). The molecule has 2 unspecified atom stereocenters. The Hall–Kier alpha value is -0.940. The Morgan fingerprint density at radius 1 is 1.42 bits per heavy atom. The predicted octanol–water partition coefficient (Wildman–Crippen LogP) is 1.53. The lowest BCUT2D eigenvalue weighted by atomic mass is 9.97. The molecule has 0 spiro atoms. The number of nitrogens with two attached hydrogens (primary N) is 1. The molecule has 1 saturated heterocycles. The van der Waals surface area contributed by atoms with Gasteiger partial charge in [0.1, 0.15) is 0 Å². The first-order chi connectivity index (χ1) is 9.15. The maximum Gasteiger partial charge on any atom is 0.0909 e. The average Bonchev–Trinajstić information content (AvgIpc) is 2.44. The summed E-state index contributed by atoms with van der Waals surface area (Å²) < 4.78 is 5.90. The number of likely N-dealkylation sites (N-methyl/N-ethyl adjacent to an activating group) is 1. The zero-order valence-electron chi connectivity index (χ0n) is 12.1. The minimum absolute atomic E-state index is 0.0497. The molecule has 1 aromatic rings. The van der Waals surface area contributed by atoms with Gasteiger partial charge < -0.3 is 4.74 Å². The van der Waals surface area contributed by atoms with E-state index >= 15 is 0 Å². The number of hydrogen-bond donors (Lipinski definition) is 2. The first-order valence-corrected chi connectivity index (χ1v) is 7.03. The molecule has 1 aliphatic heterocycles. The summed E-state index contributed by atoms with van der Waals surface area (Å²) in [6.45, 7) is 10.2. The zero-order valence-corrected chi connectivity index (χ0v) is 12.1. The van der Waals surface area contributed by atoms with Crippen LogP contribution in [0.5, 0.6) is 0 Å². The Morgan fingerprint density at radius 2 is 2.21 bits per heavy atom. The van der Waals surface area contributed by atoms with Crippen molar-refractivity contribution in [1.29, 1.82) is 0 Å². The van der Waals surface area contributed by atoms with Crippen molar-refractivity contribution in [2.24, 2.45) is 5.84 Å². The van der Waals surface area contributed by atoms with Gasteiger partial charge in [-0.2, -0.15) is 0 Å². The van der Waals surface area contributed by atoms with Gasteiger partial charge in [0.05, 0.1) is 18.8 Å². The van der Waals surface area contributed by atoms with Crippen molar-refractivity contribution in [2.45, 2.75) is 32.9 Å². The van der Waals surface area contributed by atoms with Gasteiger partial charge in [-0.3, -0.25) is 16.2 Å². The lowest BCUT2D eigenvalue weighted by molar-refractivity contribution is -0.0456. The van der Waals surface area contributed by atoms with E-state index in [4.69, 9.17) is 10.6 Å². The van der Waals surface area contributed by atoms with Crippen LogP contribution in [0.2, 0.25) is 0 Å². The molecule has 4 nitrogen and oxygen atoms in total. The number of hydrazine groups is 1. The van der Waals surface area contributed by atoms with Crippen LogP contribution >= 0.6 is 0 Å². The van der Waals surface area contributed by atoms with Crippen molar-refractivity contribution >= 4 is 0 Å². The fraction of sp³-hybridized carbons (Fsp3) is 0.600. The fourth-order valence-electron chi connectivity index (χ4n) is 2.60. The van der Waals surface area contributed by atoms with E-state index in [-0.39, 0.29) is 12.1 Å². The molecule has 106 valence electrons. The highest BCUT2D eigenvalue weighted by Gasteiger charge is 2.28. The van der Waals surface area contributed by atoms with Gasteiger partial charge in [-0.25, -0.2) is 0 Å². The lowest BCUT2D eigenvalue weighted by Crippen LogP contribution is -2.49. The Kier molecular flexibility index (Phi) is 4.93. The van der Waals surface area contributed by atoms with Gasteiger partial charge in [-0.15, -0.1) is 0 Å². The fourth-order valence-corrected chi connectivity index (χ4v) is 2.60. The smallest absolute Gasteiger partial charge is 0.0909 e. The quantitative estimate of drug-likeness (QED) is 0.639. The molecule has 0 saturated carbocycles. The summed E-state index contributed by atoms with van der Waals surface area (Å²) in [6.07, 6.45) is 0.112. The van der Waals surface area contributed by atoms with Gasteiger partial charge in [-0.05, 0) is 37.1 Å². The summed E-state index contributed by atoms with van der Waals surface area (Å²) in [6, 6.07) is 6.54. The standard InChI is InChI=1S/C15H25N3O/c1-4-18-7-8-19-14(10-18)15(17-16)13-6-5-11(2)12(3)9-13/h5-6,9,14-15,17H,4,7-8,10,16H2,1-3H3. The molecule has 2 atom stereocenters. The number of rotatable bonds is 4. The number of nitrogens with one attached hydrogen (secondary N) is 1.